The Kier molecular flexibility index (Phi) is 2.54. The largest absolute Gasteiger partial charge is 0.236 e. The Balaban J connectivity index is 2.13. The number of nitriles is 1. The van der Waals surface area contributed by atoms with Crippen molar-refractivity contribution < 1.29 is 4.39 Å². The van der Waals surface area contributed by atoms with E-state index in [1.807, 2.05) is 12.1 Å². The summed E-state index contributed by atoms with van der Waals surface area (Å²) in [4.78, 5) is 4.47. The topological polar surface area (TPSA) is 36.7 Å². The normalized spacial score (nSPS) is 10.4. The molecule has 0 saturated carbocycles. The van der Waals surface area contributed by atoms with Crippen molar-refractivity contribution in [1.29, 1.82) is 5.26 Å². The Bertz CT molecular complexity index is 754. The third-order valence-corrected chi connectivity index (χ3v) is 3.68. The van der Waals surface area contributed by atoms with E-state index in [9.17, 15) is 4.39 Å². The van der Waals surface area contributed by atoms with Crippen LogP contribution >= 0.6 is 11.3 Å². The molecule has 0 aliphatic heterocycles. The number of nitrogens with zero attached hydrogens (tertiary/aromatic N) is 2. The lowest BCUT2D eigenvalue weighted by Crippen LogP contribution is -1.77. The van der Waals surface area contributed by atoms with Gasteiger partial charge in [0.05, 0.1) is 21.8 Å². The molecular formula is C14H7FN2S. The zero-order valence-corrected chi connectivity index (χ0v) is 10.0. The summed E-state index contributed by atoms with van der Waals surface area (Å²) in [6.45, 7) is 0. The van der Waals surface area contributed by atoms with Gasteiger partial charge in [0, 0.05) is 5.56 Å². The molecule has 0 atom stereocenters. The van der Waals surface area contributed by atoms with Crippen LogP contribution in [-0.4, -0.2) is 4.98 Å². The summed E-state index contributed by atoms with van der Waals surface area (Å²) in [5.74, 6) is -0.258. The van der Waals surface area contributed by atoms with E-state index in [-0.39, 0.29) is 5.82 Å². The fourth-order valence-electron chi connectivity index (χ4n) is 1.71. The molecule has 1 aromatic heterocycles. The van der Waals surface area contributed by atoms with E-state index in [1.165, 1.54) is 23.5 Å². The van der Waals surface area contributed by atoms with Crippen molar-refractivity contribution in [2.24, 2.45) is 0 Å². The number of benzene rings is 2. The van der Waals surface area contributed by atoms with Gasteiger partial charge in [-0.05, 0) is 42.5 Å². The summed E-state index contributed by atoms with van der Waals surface area (Å²) < 4.78 is 13.8. The summed E-state index contributed by atoms with van der Waals surface area (Å²) in [6, 6.07) is 13.8. The van der Waals surface area contributed by atoms with Crippen LogP contribution < -0.4 is 0 Å². The Morgan fingerprint density at radius 2 is 1.89 bits per heavy atom. The number of halogens is 1. The maximum absolute atomic E-state index is 12.9. The van der Waals surface area contributed by atoms with E-state index < -0.39 is 0 Å². The third-order valence-electron chi connectivity index (χ3n) is 2.61. The van der Waals surface area contributed by atoms with Crippen LogP contribution in [0.3, 0.4) is 0 Å². The molecule has 3 rings (SSSR count). The molecule has 2 nitrogen and oxygen atoms in total. The van der Waals surface area contributed by atoms with Gasteiger partial charge in [0.25, 0.3) is 0 Å². The molecule has 86 valence electrons. The van der Waals surface area contributed by atoms with Crippen molar-refractivity contribution in [3.63, 3.8) is 0 Å². The minimum atomic E-state index is -0.258. The minimum Gasteiger partial charge on any atom is -0.236 e. The lowest BCUT2D eigenvalue weighted by molar-refractivity contribution is 0.628. The van der Waals surface area contributed by atoms with Gasteiger partial charge in [0.2, 0.25) is 0 Å². The zero-order valence-electron chi connectivity index (χ0n) is 9.22. The van der Waals surface area contributed by atoms with Crippen molar-refractivity contribution in [3.05, 3.63) is 53.8 Å². The highest BCUT2D eigenvalue weighted by atomic mass is 32.1. The molecule has 0 unspecified atom stereocenters. The van der Waals surface area contributed by atoms with Crippen LogP contribution in [0, 0.1) is 17.1 Å². The minimum absolute atomic E-state index is 0.258. The fraction of sp³-hybridized carbons (Fsp3) is 0. The molecule has 0 amide bonds. The van der Waals surface area contributed by atoms with Gasteiger partial charge in [0.1, 0.15) is 10.8 Å². The standard InChI is InChI=1S/C14H7FN2S/c15-11-4-2-10(3-5-11)14-17-12-6-1-9(8-16)7-13(12)18-14/h1-7H. The molecule has 0 fully saturated rings. The molecule has 0 spiro atoms. The fourth-order valence-corrected chi connectivity index (χ4v) is 2.72. The number of aromatic nitrogens is 1. The van der Waals surface area contributed by atoms with Crippen molar-refractivity contribution in [2.75, 3.05) is 0 Å². The van der Waals surface area contributed by atoms with E-state index in [2.05, 4.69) is 11.1 Å². The summed E-state index contributed by atoms with van der Waals surface area (Å²) in [7, 11) is 0. The Labute approximate surface area is 107 Å². The molecule has 0 aliphatic carbocycles. The maximum atomic E-state index is 12.9. The average molecular weight is 254 g/mol. The smallest absolute Gasteiger partial charge is 0.124 e. The zero-order chi connectivity index (χ0) is 12.5. The van der Waals surface area contributed by atoms with Crippen LogP contribution in [0.1, 0.15) is 5.56 Å². The first kappa shape index (κ1) is 10.9. The van der Waals surface area contributed by atoms with E-state index in [0.717, 1.165) is 20.8 Å². The van der Waals surface area contributed by atoms with Gasteiger partial charge in [-0.2, -0.15) is 5.26 Å². The van der Waals surface area contributed by atoms with Gasteiger partial charge < -0.3 is 0 Å². The van der Waals surface area contributed by atoms with Gasteiger partial charge in [-0.15, -0.1) is 11.3 Å². The number of rotatable bonds is 1. The van der Waals surface area contributed by atoms with Crippen molar-refractivity contribution in [3.8, 4) is 16.6 Å². The number of fused-ring (bicyclic) bond motifs is 1. The number of thiazole rings is 1. The second-order valence-corrected chi connectivity index (χ2v) is 4.85. The summed E-state index contributed by atoms with van der Waals surface area (Å²) in [5.41, 5.74) is 2.37. The summed E-state index contributed by atoms with van der Waals surface area (Å²) in [5, 5.41) is 9.68. The van der Waals surface area contributed by atoms with Crippen molar-refractivity contribution in [2.45, 2.75) is 0 Å². The van der Waals surface area contributed by atoms with Gasteiger partial charge in [-0.1, -0.05) is 0 Å². The first-order chi connectivity index (χ1) is 8.76. The van der Waals surface area contributed by atoms with Gasteiger partial charge in [-0.25, -0.2) is 9.37 Å². The van der Waals surface area contributed by atoms with Crippen LogP contribution in [0.25, 0.3) is 20.8 Å². The molecule has 3 aromatic rings. The van der Waals surface area contributed by atoms with E-state index >= 15 is 0 Å². The Morgan fingerprint density at radius 1 is 1.11 bits per heavy atom. The first-order valence-electron chi connectivity index (χ1n) is 5.33. The highest BCUT2D eigenvalue weighted by Gasteiger charge is 2.06. The summed E-state index contributed by atoms with van der Waals surface area (Å²) in [6.07, 6.45) is 0. The van der Waals surface area contributed by atoms with Crippen molar-refractivity contribution in [1.82, 2.24) is 4.98 Å². The SMILES string of the molecule is N#Cc1ccc2nc(-c3ccc(F)cc3)sc2c1. The predicted octanol–water partition coefficient (Wildman–Crippen LogP) is 3.97. The lowest BCUT2D eigenvalue weighted by Gasteiger charge is -1.94. The maximum Gasteiger partial charge on any atom is 0.124 e. The van der Waals surface area contributed by atoms with Crippen molar-refractivity contribution >= 4 is 21.6 Å². The van der Waals surface area contributed by atoms with Crippen LogP contribution in [0.4, 0.5) is 4.39 Å². The second kappa shape index (κ2) is 4.21. The molecule has 0 aliphatic rings. The van der Waals surface area contributed by atoms with Crippen LogP contribution in [0.2, 0.25) is 0 Å². The lowest BCUT2D eigenvalue weighted by atomic mass is 10.2. The van der Waals surface area contributed by atoms with Crippen LogP contribution in [0.15, 0.2) is 42.5 Å². The quantitative estimate of drug-likeness (QED) is 0.658. The van der Waals surface area contributed by atoms with Crippen LogP contribution in [-0.2, 0) is 0 Å². The van der Waals surface area contributed by atoms with Gasteiger partial charge >= 0.3 is 0 Å². The predicted molar refractivity (Wildman–Crippen MR) is 69.7 cm³/mol. The molecule has 2 aromatic carbocycles. The average Bonchev–Trinajstić information content (AvgIpc) is 2.82. The molecule has 0 N–H and O–H groups in total. The van der Waals surface area contributed by atoms with Crippen LogP contribution in [0.5, 0.6) is 0 Å². The number of hydrogen-bond donors (Lipinski definition) is 0. The molecule has 4 heteroatoms. The van der Waals surface area contributed by atoms with E-state index in [4.69, 9.17) is 5.26 Å². The second-order valence-electron chi connectivity index (χ2n) is 3.82. The molecule has 0 saturated heterocycles. The van der Waals surface area contributed by atoms with E-state index in [1.54, 1.807) is 18.2 Å². The molecule has 1 heterocycles. The van der Waals surface area contributed by atoms with Gasteiger partial charge in [-0.3, -0.25) is 0 Å². The monoisotopic (exact) mass is 254 g/mol. The molecular weight excluding hydrogens is 247 g/mol. The Morgan fingerprint density at radius 3 is 2.61 bits per heavy atom. The molecule has 18 heavy (non-hydrogen) atoms. The highest BCUT2D eigenvalue weighted by molar-refractivity contribution is 7.21. The van der Waals surface area contributed by atoms with E-state index in [0.29, 0.717) is 5.56 Å². The Hall–Kier alpha value is -2.25. The molecule has 0 radical (unpaired) electrons. The highest BCUT2D eigenvalue weighted by Crippen LogP contribution is 2.30. The number of hydrogen-bond acceptors (Lipinski definition) is 3. The van der Waals surface area contributed by atoms with Gasteiger partial charge in [0.15, 0.2) is 0 Å². The third kappa shape index (κ3) is 1.85. The first-order valence-corrected chi connectivity index (χ1v) is 6.14. The summed E-state index contributed by atoms with van der Waals surface area (Å²) >= 11 is 1.50. The molecule has 0 bridgehead atoms.